The van der Waals surface area contributed by atoms with Gasteiger partial charge in [0.1, 0.15) is 23.7 Å². The normalized spacial score (nSPS) is 16.7. The predicted octanol–water partition coefficient (Wildman–Crippen LogP) is 6.22. The van der Waals surface area contributed by atoms with Crippen LogP contribution in [0.2, 0.25) is 0 Å². The number of fused-ring (bicyclic) bond motifs is 3. The monoisotopic (exact) mass is 752 g/mol. The lowest BCUT2D eigenvalue weighted by atomic mass is 9.95. The molecule has 2 aromatic carbocycles. The lowest BCUT2D eigenvalue weighted by molar-refractivity contribution is -0.135. The number of benzene rings is 2. The molecule has 2 aliphatic rings. The number of imidazole rings is 2. The van der Waals surface area contributed by atoms with Crippen LogP contribution in [0.5, 0.6) is 0 Å². The first-order valence-electron chi connectivity index (χ1n) is 19.1. The topological polar surface area (TPSA) is 183 Å². The Labute approximate surface area is 321 Å². The number of aromatic nitrogens is 4. The summed E-state index contributed by atoms with van der Waals surface area (Å²) in [6.45, 7) is 10.0. The number of alkyl carbamates (subject to hydrolysis) is 2. The van der Waals surface area contributed by atoms with Crippen molar-refractivity contribution >= 4 is 24.0 Å². The number of nitrogens with zero attached hydrogens (tertiary/aromatic N) is 3. The number of methoxy groups -OCH3 is 2. The zero-order valence-corrected chi connectivity index (χ0v) is 32.6. The van der Waals surface area contributed by atoms with Gasteiger partial charge in [-0.25, -0.2) is 19.6 Å². The lowest BCUT2D eigenvalue weighted by Gasteiger charge is -2.30. The molecule has 1 fully saturated rings. The highest BCUT2D eigenvalue weighted by atomic mass is 16.5. The van der Waals surface area contributed by atoms with Crippen LogP contribution in [0.25, 0.3) is 33.6 Å². The van der Waals surface area contributed by atoms with Crippen molar-refractivity contribution in [3.8, 4) is 33.6 Å². The molecule has 0 spiro atoms. The number of aryl methyl sites for hydroxylation is 2. The Bertz CT molecular complexity index is 2020. The van der Waals surface area contributed by atoms with Crippen molar-refractivity contribution in [2.24, 2.45) is 11.8 Å². The number of amides is 4. The van der Waals surface area contributed by atoms with E-state index in [2.05, 4.69) is 73.4 Å². The summed E-state index contributed by atoms with van der Waals surface area (Å²) in [6.07, 6.45) is 4.87. The Morgan fingerprint density at radius 1 is 0.800 bits per heavy atom. The largest absolute Gasteiger partial charge is 0.453 e. The Hall–Kier alpha value is -5.66. The molecule has 1 aliphatic carbocycles. The van der Waals surface area contributed by atoms with Crippen LogP contribution in [0.3, 0.4) is 0 Å². The van der Waals surface area contributed by atoms with E-state index in [0.717, 1.165) is 77.3 Å². The zero-order valence-electron chi connectivity index (χ0n) is 32.6. The summed E-state index contributed by atoms with van der Waals surface area (Å²) in [7, 11) is 2.56. The summed E-state index contributed by atoms with van der Waals surface area (Å²) in [4.78, 5) is 68.8. The molecule has 3 heterocycles. The maximum Gasteiger partial charge on any atom is 0.407 e. The van der Waals surface area contributed by atoms with Gasteiger partial charge in [-0.2, -0.15) is 0 Å². The predicted molar refractivity (Wildman–Crippen MR) is 208 cm³/mol. The number of hydrogen-bond donors (Lipinski definition) is 5. The van der Waals surface area contributed by atoms with Gasteiger partial charge in [0.05, 0.1) is 43.9 Å². The molecule has 1 aliphatic heterocycles. The van der Waals surface area contributed by atoms with Crippen LogP contribution in [0, 0.1) is 11.8 Å². The van der Waals surface area contributed by atoms with Gasteiger partial charge in [-0.1, -0.05) is 70.2 Å². The van der Waals surface area contributed by atoms with Gasteiger partial charge in [-0.15, -0.1) is 0 Å². The summed E-state index contributed by atoms with van der Waals surface area (Å²) in [5.41, 5.74) is 8.27. The second-order valence-corrected chi connectivity index (χ2v) is 15.1. The van der Waals surface area contributed by atoms with Gasteiger partial charge < -0.3 is 40.3 Å². The van der Waals surface area contributed by atoms with Gasteiger partial charge in [-0.3, -0.25) is 9.59 Å². The SMILES string of the molecule is COC(=O)N[C@H](C(=O)N[C@@H](C)c1nc2c([nH]1)CCCc1cc(-c3ccc(-c4cnc([C@@H]5CCCN5C(=O)[C@@H](NC(=O)OC)C(C)C)[nH]4)cc3)ccc1-2)C(C)C. The third kappa shape index (κ3) is 8.53. The summed E-state index contributed by atoms with van der Waals surface area (Å²) >= 11 is 0. The number of carbonyl (C=O) groups excluding carboxylic acids is 4. The summed E-state index contributed by atoms with van der Waals surface area (Å²) in [5.74, 6) is 0.707. The van der Waals surface area contributed by atoms with Crippen LogP contribution in [0.4, 0.5) is 9.59 Å². The van der Waals surface area contributed by atoms with E-state index in [0.29, 0.717) is 12.4 Å². The van der Waals surface area contributed by atoms with Crippen LogP contribution in [0.15, 0.2) is 48.7 Å². The van der Waals surface area contributed by atoms with Crippen LogP contribution in [0.1, 0.15) is 88.9 Å². The Morgan fingerprint density at radius 3 is 2.13 bits per heavy atom. The first-order chi connectivity index (χ1) is 26.4. The number of likely N-dealkylation sites (tertiary alicyclic amines) is 1. The van der Waals surface area contributed by atoms with Crippen molar-refractivity contribution in [1.82, 2.24) is 40.8 Å². The van der Waals surface area contributed by atoms with E-state index in [4.69, 9.17) is 14.5 Å². The summed E-state index contributed by atoms with van der Waals surface area (Å²) < 4.78 is 9.46. The standard InChI is InChI=1S/C41H52N8O6/c1-22(2)33(47-40(52)54-6)38(50)43-24(5)36-44-30-11-8-10-28-20-27(17-18-29(28)35(30)46-36)25-13-15-26(16-14-25)31-21-42-37(45-31)32-12-9-19-49(32)39(51)34(23(3)4)48-41(53)55-7/h13-18,20-24,32-34H,8-12,19H2,1-7H3,(H,42,45)(H,43,50)(H,44,46)(H,47,52)(H,48,53)/t24-,32-,33-,34-/m0/s1. The van der Waals surface area contributed by atoms with Crippen molar-refractivity contribution in [2.45, 2.75) is 90.9 Å². The number of nitrogens with one attached hydrogen (secondary N) is 5. The molecule has 0 radical (unpaired) electrons. The molecule has 14 heteroatoms. The smallest absolute Gasteiger partial charge is 0.407 e. The van der Waals surface area contributed by atoms with Gasteiger partial charge in [0.25, 0.3) is 0 Å². The van der Waals surface area contributed by atoms with E-state index in [1.807, 2.05) is 45.7 Å². The highest BCUT2D eigenvalue weighted by molar-refractivity contribution is 5.87. The molecule has 6 rings (SSSR count). The number of carbonyl (C=O) groups is 4. The van der Waals surface area contributed by atoms with E-state index in [9.17, 15) is 19.2 Å². The maximum atomic E-state index is 13.6. The molecular weight excluding hydrogens is 701 g/mol. The van der Waals surface area contributed by atoms with E-state index in [-0.39, 0.29) is 29.7 Å². The van der Waals surface area contributed by atoms with Gasteiger partial charge >= 0.3 is 12.2 Å². The van der Waals surface area contributed by atoms with Gasteiger partial charge in [0.15, 0.2) is 0 Å². The fourth-order valence-electron chi connectivity index (χ4n) is 7.49. The first-order valence-corrected chi connectivity index (χ1v) is 19.1. The molecule has 14 nitrogen and oxygen atoms in total. The molecule has 0 unspecified atom stereocenters. The second kappa shape index (κ2) is 16.8. The van der Waals surface area contributed by atoms with Crippen molar-refractivity contribution in [2.75, 3.05) is 20.8 Å². The van der Waals surface area contributed by atoms with Crippen LogP contribution in [-0.2, 0) is 31.9 Å². The van der Waals surface area contributed by atoms with Crippen molar-refractivity contribution in [1.29, 1.82) is 0 Å². The van der Waals surface area contributed by atoms with E-state index >= 15 is 0 Å². The lowest BCUT2D eigenvalue weighted by Crippen LogP contribution is -2.51. The summed E-state index contributed by atoms with van der Waals surface area (Å²) in [6, 6.07) is 12.8. The number of rotatable bonds is 11. The molecule has 4 atom stereocenters. The average molecular weight is 753 g/mol. The average Bonchev–Trinajstić information content (AvgIpc) is 3.94. The summed E-state index contributed by atoms with van der Waals surface area (Å²) in [5, 5.41) is 8.31. The third-order valence-electron chi connectivity index (χ3n) is 10.6. The van der Waals surface area contributed by atoms with Crippen molar-refractivity contribution in [3.05, 3.63) is 71.6 Å². The zero-order chi connectivity index (χ0) is 39.4. The molecule has 2 aromatic heterocycles. The van der Waals surface area contributed by atoms with E-state index < -0.39 is 30.3 Å². The van der Waals surface area contributed by atoms with Crippen LogP contribution < -0.4 is 16.0 Å². The van der Waals surface area contributed by atoms with Crippen LogP contribution in [-0.4, -0.2) is 81.7 Å². The van der Waals surface area contributed by atoms with Crippen molar-refractivity contribution in [3.63, 3.8) is 0 Å². The molecule has 0 bridgehead atoms. The second-order valence-electron chi connectivity index (χ2n) is 15.1. The Kier molecular flexibility index (Phi) is 11.9. The highest BCUT2D eigenvalue weighted by Gasteiger charge is 2.37. The fourth-order valence-corrected chi connectivity index (χ4v) is 7.49. The molecule has 5 N–H and O–H groups in total. The van der Waals surface area contributed by atoms with E-state index in [1.165, 1.54) is 19.8 Å². The first kappa shape index (κ1) is 39.0. The minimum Gasteiger partial charge on any atom is -0.453 e. The molecular formula is C41H52N8O6. The molecule has 0 saturated carbocycles. The number of hydrogen-bond acceptors (Lipinski definition) is 8. The van der Waals surface area contributed by atoms with E-state index in [1.54, 1.807) is 0 Å². The fraction of sp³-hybridized carbons (Fsp3) is 0.463. The molecule has 55 heavy (non-hydrogen) atoms. The van der Waals surface area contributed by atoms with Crippen LogP contribution >= 0.6 is 0 Å². The Morgan fingerprint density at radius 2 is 1.45 bits per heavy atom. The minimum atomic E-state index is -0.741. The molecule has 4 aromatic rings. The van der Waals surface area contributed by atoms with Gasteiger partial charge in [0.2, 0.25) is 11.8 Å². The molecule has 4 amide bonds. The minimum absolute atomic E-state index is 0.105. The number of aromatic amines is 2. The van der Waals surface area contributed by atoms with Gasteiger partial charge in [-0.05, 0) is 73.1 Å². The molecule has 1 saturated heterocycles. The molecule has 292 valence electrons. The van der Waals surface area contributed by atoms with Crippen molar-refractivity contribution < 1.29 is 28.7 Å². The quantitative estimate of drug-likeness (QED) is 0.120. The Balaban J connectivity index is 1.15. The highest BCUT2D eigenvalue weighted by Crippen LogP contribution is 2.36. The third-order valence-corrected chi connectivity index (χ3v) is 10.6. The number of ether oxygens (including phenoxy) is 2. The number of H-pyrrole nitrogens is 2. The maximum absolute atomic E-state index is 13.6. The van der Waals surface area contributed by atoms with Gasteiger partial charge in [0, 0.05) is 17.8 Å².